The van der Waals surface area contributed by atoms with Gasteiger partial charge in [0.25, 0.3) is 0 Å². The zero-order valence-corrected chi connectivity index (χ0v) is 17.7. The van der Waals surface area contributed by atoms with Crippen LogP contribution in [-0.4, -0.2) is 54.3 Å². The van der Waals surface area contributed by atoms with E-state index in [-0.39, 0.29) is 11.8 Å². The van der Waals surface area contributed by atoms with Crippen molar-refractivity contribution in [2.45, 2.75) is 51.1 Å². The van der Waals surface area contributed by atoms with Crippen LogP contribution in [0.3, 0.4) is 0 Å². The molecule has 8 nitrogen and oxygen atoms in total. The molecular weight excluding hydrogens is 384 g/mol. The van der Waals surface area contributed by atoms with E-state index in [9.17, 15) is 4.79 Å². The zero-order valence-electron chi connectivity index (χ0n) is 17.7. The Kier molecular flexibility index (Phi) is 6.52. The average Bonchev–Trinajstić information content (AvgIpc) is 3.45. The lowest BCUT2D eigenvalue weighted by atomic mass is 9.96. The second kappa shape index (κ2) is 9.47. The molecular formula is C22H30N4O4. The van der Waals surface area contributed by atoms with Crippen molar-refractivity contribution in [1.82, 2.24) is 20.4 Å². The maximum atomic E-state index is 12.6. The standard InChI is InChI=1S/C22H30N4O4/c1-28-18-10-9-15(12-19(18)29-2)21-24-20(30-25-21)14-26-11-5-6-16(13-26)22(27)23-17-7-3-4-8-17/h9-10,12,16-17H,3-8,11,13-14H2,1-2H3,(H,23,27)/t16-/m1/s1. The molecule has 1 aromatic carbocycles. The quantitative estimate of drug-likeness (QED) is 0.745. The Hall–Kier alpha value is -2.61. The topological polar surface area (TPSA) is 89.7 Å². The number of piperidine rings is 1. The Morgan fingerprint density at radius 1 is 1.17 bits per heavy atom. The Morgan fingerprint density at radius 3 is 2.73 bits per heavy atom. The number of methoxy groups -OCH3 is 2. The summed E-state index contributed by atoms with van der Waals surface area (Å²) in [5.41, 5.74) is 0.801. The molecule has 0 unspecified atom stereocenters. The molecule has 2 aliphatic rings. The number of likely N-dealkylation sites (tertiary alicyclic amines) is 1. The highest BCUT2D eigenvalue weighted by Crippen LogP contribution is 2.31. The summed E-state index contributed by atoms with van der Waals surface area (Å²) in [6.45, 7) is 2.21. The number of carbonyl (C=O) groups is 1. The lowest BCUT2D eigenvalue weighted by molar-refractivity contribution is -0.127. The number of hydrogen-bond donors (Lipinski definition) is 1. The number of nitrogens with zero attached hydrogens (tertiary/aromatic N) is 3. The molecule has 1 atom stereocenters. The average molecular weight is 415 g/mol. The third-order valence-corrected chi connectivity index (χ3v) is 6.05. The van der Waals surface area contributed by atoms with E-state index in [1.165, 1.54) is 12.8 Å². The van der Waals surface area contributed by atoms with Gasteiger partial charge in [-0.25, -0.2) is 0 Å². The van der Waals surface area contributed by atoms with Gasteiger partial charge in [-0.3, -0.25) is 9.69 Å². The van der Waals surface area contributed by atoms with Crippen LogP contribution in [0.1, 0.15) is 44.4 Å². The molecule has 8 heteroatoms. The summed E-state index contributed by atoms with van der Waals surface area (Å²) >= 11 is 0. The first-order chi connectivity index (χ1) is 14.7. The fourth-order valence-electron chi connectivity index (χ4n) is 4.41. The minimum atomic E-state index is 0.0348. The second-order valence-corrected chi connectivity index (χ2v) is 8.15. The smallest absolute Gasteiger partial charge is 0.241 e. The number of nitrogens with one attached hydrogen (secondary N) is 1. The van der Waals surface area contributed by atoms with Crippen molar-refractivity contribution in [1.29, 1.82) is 0 Å². The van der Waals surface area contributed by atoms with Crippen molar-refractivity contribution in [2.24, 2.45) is 5.92 Å². The summed E-state index contributed by atoms with van der Waals surface area (Å²) in [6, 6.07) is 5.90. The Balaban J connectivity index is 1.36. The number of benzene rings is 1. The van der Waals surface area contributed by atoms with Gasteiger partial charge in [-0.2, -0.15) is 4.98 Å². The van der Waals surface area contributed by atoms with Crippen LogP contribution in [0.5, 0.6) is 11.5 Å². The van der Waals surface area contributed by atoms with Crippen LogP contribution in [0.2, 0.25) is 0 Å². The van der Waals surface area contributed by atoms with Crippen molar-refractivity contribution in [3.05, 3.63) is 24.1 Å². The monoisotopic (exact) mass is 414 g/mol. The summed E-state index contributed by atoms with van der Waals surface area (Å²) in [4.78, 5) is 19.4. The van der Waals surface area contributed by atoms with Gasteiger partial charge in [0, 0.05) is 18.2 Å². The van der Waals surface area contributed by atoms with Crippen LogP contribution in [0.15, 0.2) is 22.7 Å². The molecule has 0 bridgehead atoms. The minimum Gasteiger partial charge on any atom is -0.493 e. The van der Waals surface area contributed by atoms with Gasteiger partial charge in [0.1, 0.15) is 0 Å². The van der Waals surface area contributed by atoms with Crippen molar-refractivity contribution in [2.75, 3.05) is 27.3 Å². The van der Waals surface area contributed by atoms with E-state index < -0.39 is 0 Å². The third-order valence-electron chi connectivity index (χ3n) is 6.05. The predicted molar refractivity (Wildman–Crippen MR) is 111 cm³/mol. The molecule has 2 aromatic rings. The molecule has 4 rings (SSSR count). The second-order valence-electron chi connectivity index (χ2n) is 8.15. The van der Waals surface area contributed by atoms with E-state index in [0.29, 0.717) is 35.8 Å². The van der Waals surface area contributed by atoms with Crippen LogP contribution < -0.4 is 14.8 Å². The Morgan fingerprint density at radius 2 is 1.97 bits per heavy atom. The van der Waals surface area contributed by atoms with Crippen LogP contribution in [0.25, 0.3) is 11.4 Å². The third kappa shape index (κ3) is 4.75. The molecule has 2 heterocycles. The van der Waals surface area contributed by atoms with Crippen LogP contribution in [0, 0.1) is 5.92 Å². The first kappa shape index (κ1) is 20.7. The Bertz CT molecular complexity index is 863. The summed E-state index contributed by atoms with van der Waals surface area (Å²) in [5.74, 6) is 2.57. The van der Waals surface area contributed by atoms with Gasteiger partial charge in [0.15, 0.2) is 11.5 Å². The molecule has 1 saturated heterocycles. The largest absolute Gasteiger partial charge is 0.493 e. The van der Waals surface area contributed by atoms with E-state index in [1.54, 1.807) is 14.2 Å². The van der Waals surface area contributed by atoms with Gasteiger partial charge in [-0.1, -0.05) is 18.0 Å². The molecule has 30 heavy (non-hydrogen) atoms. The molecule has 162 valence electrons. The summed E-state index contributed by atoms with van der Waals surface area (Å²) in [5, 5.41) is 7.36. The van der Waals surface area contributed by atoms with Crippen molar-refractivity contribution in [3.63, 3.8) is 0 Å². The molecule has 1 aromatic heterocycles. The molecule has 1 N–H and O–H groups in total. The zero-order chi connectivity index (χ0) is 20.9. The SMILES string of the molecule is COc1ccc(-c2noc(CN3CCC[C@@H](C(=O)NC4CCCC4)C3)n2)cc1OC. The van der Waals surface area contributed by atoms with Crippen LogP contribution >= 0.6 is 0 Å². The van der Waals surface area contributed by atoms with E-state index in [4.69, 9.17) is 14.0 Å². The summed E-state index contributed by atoms with van der Waals surface area (Å²) in [6.07, 6.45) is 6.62. The lowest BCUT2D eigenvalue weighted by Gasteiger charge is -2.31. The maximum Gasteiger partial charge on any atom is 0.241 e. The first-order valence-corrected chi connectivity index (χ1v) is 10.7. The maximum absolute atomic E-state index is 12.6. The summed E-state index contributed by atoms with van der Waals surface area (Å²) in [7, 11) is 3.20. The molecule has 1 amide bonds. The Labute approximate surface area is 176 Å². The van der Waals surface area contributed by atoms with Crippen molar-refractivity contribution in [3.8, 4) is 22.9 Å². The van der Waals surface area contributed by atoms with Gasteiger partial charge < -0.3 is 19.3 Å². The van der Waals surface area contributed by atoms with Crippen LogP contribution in [-0.2, 0) is 11.3 Å². The lowest BCUT2D eigenvalue weighted by Crippen LogP contribution is -2.45. The minimum absolute atomic E-state index is 0.0348. The molecule has 1 aliphatic carbocycles. The van der Waals surface area contributed by atoms with Gasteiger partial charge in [-0.15, -0.1) is 0 Å². The highest BCUT2D eigenvalue weighted by atomic mass is 16.5. The van der Waals surface area contributed by atoms with E-state index in [0.717, 1.165) is 44.3 Å². The molecule has 1 saturated carbocycles. The molecule has 2 fully saturated rings. The van der Waals surface area contributed by atoms with E-state index in [2.05, 4.69) is 20.4 Å². The van der Waals surface area contributed by atoms with Crippen LogP contribution in [0.4, 0.5) is 0 Å². The number of rotatable bonds is 7. The number of carbonyl (C=O) groups excluding carboxylic acids is 1. The number of hydrogen-bond acceptors (Lipinski definition) is 7. The highest BCUT2D eigenvalue weighted by Gasteiger charge is 2.29. The fraction of sp³-hybridized carbons (Fsp3) is 0.591. The fourth-order valence-corrected chi connectivity index (χ4v) is 4.41. The molecule has 1 aliphatic heterocycles. The predicted octanol–water partition coefficient (Wildman–Crippen LogP) is 3.02. The number of ether oxygens (including phenoxy) is 2. The highest BCUT2D eigenvalue weighted by molar-refractivity contribution is 5.79. The van der Waals surface area contributed by atoms with E-state index in [1.807, 2.05) is 18.2 Å². The first-order valence-electron chi connectivity index (χ1n) is 10.7. The van der Waals surface area contributed by atoms with E-state index >= 15 is 0 Å². The number of amides is 1. The van der Waals surface area contributed by atoms with Crippen molar-refractivity contribution < 1.29 is 18.8 Å². The molecule has 0 spiro atoms. The van der Waals surface area contributed by atoms with Crippen molar-refractivity contribution >= 4 is 5.91 Å². The molecule has 0 radical (unpaired) electrons. The number of aromatic nitrogens is 2. The van der Waals surface area contributed by atoms with Gasteiger partial charge in [0.2, 0.25) is 17.6 Å². The normalized spacial score (nSPS) is 20.3. The van der Waals surface area contributed by atoms with Gasteiger partial charge >= 0.3 is 0 Å². The van der Waals surface area contributed by atoms with Gasteiger partial charge in [-0.05, 0) is 50.4 Å². The van der Waals surface area contributed by atoms with Gasteiger partial charge in [0.05, 0.1) is 26.7 Å². The summed E-state index contributed by atoms with van der Waals surface area (Å²) < 4.78 is 16.1.